The minimum absolute atomic E-state index is 0.00452. The Labute approximate surface area is 174 Å². The predicted molar refractivity (Wildman–Crippen MR) is 115 cm³/mol. The van der Waals surface area contributed by atoms with E-state index in [1.807, 2.05) is 6.07 Å². The molecule has 2 atom stereocenters. The number of hydrogen-bond donors (Lipinski definition) is 1. The van der Waals surface area contributed by atoms with Gasteiger partial charge in [-0.15, -0.1) is 0 Å². The van der Waals surface area contributed by atoms with Crippen molar-refractivity contribution in [3.63, 3.8) is 0 Å². The Kier molecular flexibility index (Phi) is 7.24. The zero-order chi connectivity index (χ0) is 20.1. The van der Waals surface area contributed by atoms with Crippen molar-refractivity contribution in [3.05, 3.63) is 39.4 Å². The van der Waals surface area contributed by atoms with Crippen molar-refractivity contribution >= 4 is 32.7 Å². The SMILES string of the molecule is CC1CC(C)CN(CCCCNC(=O)Cn2cnc3ccc(Br)cc3c2=O)C1. The molecule has 152 valence electrons. The summed E-state index contributed by atoms with van der Waals surface area (Å²) in [6, 6.07) is 5.37. The van der Waals surface area contributed by atoms with Crippen LogP contribution in [0.1, 0.15) is 33.1 Å². The van der Waals surface area contributed by atoms with Gasteiger partial charge in [0.2, 0.25) is 5.91 Å². The predicted octanol–water partition coefficient (Wildman–Crippen LogP) is 3.03. The minimum Gasteiger partial charge on any atom is -0.355 e. The van der Waals surface area contributed by atoms with E-state index < -0.39 is 0 Å². The summed E-state index contributed by atoms with van der Waals surface area (Å²) in [5.41, 5.74) is 0.431. The molecule has 1 N–H and O–H groups in total. The van der Waals surface area contributed by atoms with Gasteiger partial charge in [-0.2, -0.15) is 0 Å². The van der Waals surface area contributed by atoms with Gasteiger partial charge < -0.3 is 10.2 Å². The van der Waals surface area contributed by atoms with Gasteiger partial charge in [0.1, 0.15) is 6.54 Å². The average molecular weight is 449 g/mol. The highest BCUT2D eigenvalue weighted by molar-refractivity contribution is 9.10. The van der Waals surface area contributed by atoms with Crippen LogP contribution in [0.25, 0.3) is 10.9 Å². The Bertz CT molecular complexity index is 872. The number of halogens is 1. The van der Waals surface area contributed by atoms with E-state index in [1.54, 1.807) is 12.1 Å². The van der Waals surface area contributed by atoms with Gasteiger partial charge in [0, 0.05) is 24.1 Å². The van der Waals surface area contributed by atoms with E-state index in [2.05, 4.69) is 45.0 Å². The number of aromatic nitrogens is 2. The molecule has 0 spiro atoms. The third-order valence-electron chi connectivity index (χ3n) is 5.27. The Hall–Kier alpha value is -1.73. The zero-order valence-electron chi connectivity index (χ0n) is 16.7. The van der Waals surface area contributed by atoms with Gasteiger partial charge in [-0.1, -0.05) is 29.8 Å². The molecule has 1 aliphatic rings. The van der Waals surface area contributed by atoms with Crippen molar-refractivity contribution in [1.82, 2.24) is 19.8 Å². The third-order valence-corrected chi connectivity index (χ3v) is 5.76. The molecule has 2 heterocycles. The molecule has 7 heteroatoms. The first-order valence-electron chi connectivity index (χ1n) is 10.1. The summed E-state index contributed by atoms with van der Waals surface area (Å²) in [5, 5.41) is 3.43. The van der Waals surface area contributed by atoms with E-state index in [-0.39, 0.29) is 18.0 Å². The highest BCUT2D eigenvalue weighted by atomic mass is 79.9. The molecule has 2 unspecified atom stereocenters. The second-order valence-electron chi connectivity index (χ2n) is 8.10. The van der Waals surface area contributed by atoms with Crippen molar-refractivity contribution in [3.8, 4) is 0 Å². The van der Waals surface area contributed by atoms with E-state index in [1.165, 1.54) is 30.4 Å². The summed E-state index contributed by atoms with van der Waals surface area (Å²) in [7, 11) is 0. The molecule has 0 radical (unpaired) electrons. The fourth-order valence-corrected chi connectivity index (χ4v) is 4.48. The van der Waals surface area contributed by atoms with Crippen LogP contribution in [-0.4, -0.2) is 46.5 Å². The van der Waals surface area contributed by atoms with Gasteiger partial charge >= 0.3 is 0 Å². The van der Waals surface area contributed by atoms with Gasteiger partial charge in [0.05, 0.1) is 17.2 Å². The Morgan fingerprint density at radius 3 is 2.75 bits per heavy atom. The number of nitrogens with one attached hydrogen (secondary N) is 1. The summed E-state index contributed by atoms with van der Waals surface area (Å²) < 4.78 is 2.18. The standard InChI is InChI=1S/C21H29BrN4O2/c1-15-9-16(2)12-25(11-15)8-4-3-7-23-20(27)13-26-14-24-19-6-5-17(22)10-18(19)21(26)28/h5-6,10,14-16H,3-4,7-9,11-13H2,1-2H3,(H,23,27). The Morgan fingerprint density at radius 1 is 1.25 bits per heavy atom. The lowest BCUT2D eigenvalue weighted by molar-refractivity contribution is -0.121. The summed E-state index contributed by atoms with van der Waals surface area (Å²) >= 11 is 3.37. The first-order valence-corrected chi connectivity index (χ1v) is 10.9. The van der Waals surface area contributed by atoms with Gasteiger partial charge in [-0.25, -0.2) is 4.98 Å². The monoisotopic (exact) mass is 448 g/mol. The lowest BCUT2D eigenvalue weighted by atomic mass is 9.92. The van der Waals surface area contributed by atoms with Crippen LogP contribution in [0.3, 0.4) is 0 Å². The van der Waals surface area contributed by atoms with Crippen LogP contribution in [0.2, 0.25) is 0 Å². The highest BCUT2D eigenvalue weighted by Gasteiger charge is 2.20. The number of benzene rings is 1. The number of carbonyl (C=O) groups excluding carboxylic acids is 1. The molecule has 1 saturated heterocycles. The topological polar surface area (TPSA) is 67.2 Å². The maximum absolute atomic E-state index is 12.5. The molecule has 1 amide bonds. The minimum atomic E-state index is -0.199. The Morgan fingerprint density at radius 2 is 2.00 bits per heavy atom. The molecule has 0 bridgehead atoms. The van der Waals surface area contributed by atoms with Crippen LogP contribution < -0.4 is 10.9 Å². The maximum atomic E-state index is 12.5. The van der Waals surface area contributed by atoms with Crippen molar-refractivity contribution in [1.29, 1.82) is 0 Å². The number of hydrogen-bond acceptors (Lipinski definition) is 4. The van der Waals surface area contributed by atoms with Crippen LogP contribution >= 0.6 is 15.9 Å². The second-order valence-corrected chi connectivity index (χ2v) is 9.02. The van der Waals surface area contributed by atoms with Gasteiger partial charge in [-0.05, 0) is 55.8 Å². The number of unbranched alkanes of at least 4 members (excludes halogenated alkanes) is 1. The first kappa shape index (κ1) is 21.0. The fraction of sp³-hybridized carbons (Fsp3) is 0.571. The number of fused-ring (bicyclic) bond motifs is 1. The molecule has 6 nitrogen and oxygen atoms in total. The van der Waals surface area contributed by atoms with Crippen molar-refractivity contribution < 1.29 is 4.79 Å². The van der Waals surface area contributed by atoms with Crippen LogP contribution in [0, 0.1) is 11.8 Å². The average Bonchev–Trinajstić information content (AvgIpc) is 2.63. The number of rotatable bonds is 7. The van der Waals surface area contributed by atoms with Crippen LogP contribution in [-0.2, 0) is 11.3 Å². The van der Waals surface area contributed by atoms with Crippen LogP contribution in [0.15, 0.2) is 33.8 Å². The van der Waals surface area contributed by atoms with Crippen molar-refractivity contribution in [2.75, 3.05) is 26.2 Å². The van der Waals surface area contributed by atoms with Gasteiger partial charge in [0.15, 0.2) is 0 Å². The first-order chi connectivity index (χ1) is 13.4. The summed E-state index contributed by atoms with van der Waals surface area (Å²) in [6.45, 7) is 8.74. The number of likely N-dealkylation sites (tertiary alicyclic amines) is 1. The normalized spacial score (nSPS) is 20.4. The van der Waals surface area contributed by atoms with E-state index in [4.69, 9.17) is 0 Å². The Balaban J connectivity index is 1.43. The molecule has 28 heavy (non-hydrogen) atoms. The maximum Gasteiger partial charge on any atom is 0.261 e. The summed E-state index contributed by atoms with van der Waals surface area (Å²) in [4.78, 5) is 31.5. The lowest BCUT2D eigenvalue weighted by Crippen LogP contribution is -2.39. The summed E-state index contributed by atoms with van der Waals surface area (Å²) in [5.74, 6) is 1.40. The smallest absolute Gasteiger partial charge is 0.261 e. The third kappa shape index (κ3) is 5.64. The van der Waals surface area contributed by atoms with E-state index in [9.17, 15) is 9.59 Å². The molecule has 2 aromatic rings. The number of amides is 1. The zero-order valence-corrected chi connectivity index (χ0v) is 18.2. The van der Waals surface area contributed by atoms with Crippen LogP contribution in [0.4, 0.5) is 0 Å². The molecular weight excluding hydrogens is 420 g/mol. The molecule has 3 rings (SSSR count). The molecule has 0 aliphatic carbocycles. The highest BCUT2D eigenvalue weighted by Crippen LogP contribution is 2.21. The van der Waals surface area contributed by atoms with Crippen molar-refractivity contribution in [2.45, 2.75) is 39.7 Å². The van der Waals surface area contributed by atoms with Crippen LogP contribution in [0.5, 0.6) is 0 Å². The molecule has 1 aromatic heterocycles. The quantitative estimate of drug-likeness (QED) is 0.660. The van der Waals surface area contributed by atoms with E-state index in [0.29, 0.717) is 17.4 Å². The van der Waals surface area contributed by atoms with E-state index >= 15 is 0 Å². The van der Waals surface area contributed by atoms with Gasteiger partial charge in [0.25, 0.3) is 5.56 Å². The number of nitrogens with zero attached hydrogens (tertiary/aromatic N) is 3. The fourth-order valence-electron chi connectivity index (χ4n) is 4.12. The molecule has 0 saturated carbocycles. The largest absolute Gasteiger partial charge is 0.355 e. The molecule has 1 aliphatic heterocycles. The lowest BCUT2D eigenvalue weighted by Gasteiger charge is -2.34. The molecule has 1 aromatic carbocycles. The molecular formula is C21H29BrN4O2. The molecule has 1 fully saturated rings. The van der Waals surface area contributed by atoms with Crippen molar-refractivity contribution in [2.24, 2.45) is 11.8 Å². The van der Waals surface area contributed by atoms with Gasteiger partial charge in [-0.3, -0.25) is 14.2 Å². The second kappa shape index (κ2) is 9.65. The number of piperidine rings is 1. The summed E-state index contributed by atoms with van der Waals surface area (Å²) in [6.07, 6.45) is 4.79. The number of carbonyl (C=O) groups is 1. The van der Waals surface area contributed by atoms with E-state index in [0.717, 1.165) is 35.7 Å².